The predicted molar refractivity (Wildman–Crippen MR) is 70.9 cm³/mol. The maximum atomic E-state index is 13.1. The quantitative estimate of drug-likeness (QED) is 0.782. The van der Waals surface area contributed by atoms with Gasteiger partial charge in [-0.25, -0.2) is 4.39 Å². The Bertz CT molecular complexity index is 720. The lowest BCUT2D eigenvalue weighted by molar-refractivity contribution is -0.137. The smallest absolute Gasteiger partial charge is 0.354 e. The van der Waals surface area contributed by atoms with E-state index in [4.69, 9.17) is 16.9 Å². The number of anilines is 2. The first-order chi connectivity index (χ1) is 9.81. The van der Waals surface area contributed by atoms with Gasteiger partial charge in [-0.3, -0.25) is 0 Å². The summed E-state index contributed by atoms with van der Waals surface area (Å²) < 4.78 is 51.6. The Morgan fingerprint density at radius 1 is 1.10 bits per heavy atom. The topological polar surface area (TPSA) is 35.8 Å². The Morgan fingerprint density at radius 3 is 2.43 bits per heavy atom. The Labute approximate surface area is 122 Å². The second kappa shape index (κ2) is 5.62. The molecule has 0 aliphatic carbocycles. The minimum Gasteiger partial charge on any atom is -0.354 e. The van der Waals surface area contributed by atoms with E-state index in [1.54, 1.807) is 0 Å². The first-order valence-corrected chi connectivity index (χ1v) is 6.02. The van der Waals surface area contributed by atoms with Gasteiger partial charge in [-0.15, -0.1) is 0 Å². The number of nitriles is 1. The molecule has 0 aliphatic heterocycles. The Balaban J connectivity index is 2.42. The van der Waals surface area contributed by atoms with Gasteiger partial charge in [0.1, 0.15) is 5.82 Å². The highest BCUT2D eigenvalue weighted by Crippen LogP contribution is 2.35. The second-order valence-electron chi connectivity index (χ2n) is 4.12. The summed E-state index contributed by atoms with van der Waals surface area (Å²) in [4.78, 5) is 0. The Hall–Kier alpha value is -2.26. The predicted octanol–water partition coefficient (Wildman–Crippen LogP) is 5.11. The van der Waals surface area contributed by atoms with Crippen LogP contribution in [0.5, 0.6) is 0 Å². The van der Waals surface area contributed by atoms with Crippen molar-refractivity contribution in [3.05, 3.63) is 58.4 Å². The van der Waals surface area contributed by atoms with Crippen LogP contribution in [0.3, 0.4) is 0 Å². The summed E-state index contributed by atoms with van der Waals surface area (Å²) in [7, 11) is 0. The maximum Gasteiger partial charge on any atom is 0.417 e. The van der Waals surface area contributed by atoms with Gasteiger partial charge >= 0.3 is 6.18 Å². The van der Waals surface area contributed by atoms with Crippen LogP contribution in [0.4, 0.5) is 28.9 Å². The molecule has 21 heavy (non-hydrogen) atoms. The normalized spacial score (nSPS) is 11.0. The molecule has 0 amide bonds. The van der Waals surface area contributed by atoms with E-state index in [2.05, 4.69) is 5.32 Å². The molecular formula is C14H7ClF4N2. The highest BCUT2D eigenvalue weighted by molar-refractivity contribution is 6.33. The molecular weight excluding hydrogens is 308 g/mol. The number of rotatable bonds is 2. The fourth-order valence-electron chi connectivity index (χ4n) is 1.70. The summed E-state index contributed by atoms with van der Waals surface area (Å²) in [5, 5.41) is 11.5. The van der Waals surface area contributed by atoms with E-state index >= 15 is 0 Å². The second-order valence-corrected chi connectivity index (χ2v) is 4.53. The molecule has 1 N–H and O–H groups in total. The zero-order valence-electron chi connectivity index (χ0n) is 10.3. The molecule has 0 bridgehead atoms. The molecule has 0 fully saturated rings. The molecule has 0 unspecified atom stereocenters. The van der Waals surface area contributed by atoms with Crippen LogP contribution in [0.2, 0.25) is 5.02 Å². The van der Waals surface area contributed by atoms with Crippen LogP contribution >= 0.6 is 11.6 Å². The van der Waals surface area contributed by atoms with Gasteiger partial charge in [0.15, 0.2) is 0 Å². The summed E-state index contributed by atoms with van der Waals surface area (Å²) in [6, 6.07) is 8.07. The third kappa shape index (κ3) is 3.44. The molecule has 0 aliphatic rings. The highest BCUT2D eigenvalue weighted by atomic mass is 35.5. The molecule has 0 heterocycles. The molecule has 0 aromatic heterocycles. The van der Waals surface area contributed by atoms with Crippen molar-refractivity contribution in [1.82, 2.24) is 0 Å². The molecule has 108 valence electrons. The van der Waals surface area contributed by atoms with Crippen molar-refractivity contribution in [2.75, 3.05) is 5.32 Å². The molecule has 0 spiro atoms. The van der Waals surface area contributed by atoms with Gasteiger partial charge in [0.05, 0.1) is 27.9 Å². The van der Waals surface area contributed by atoms with Crippen LogP contribution in [-0.4, -0.2) is 0 Å². The minimum atomic E-state index is -4.66. The van der Waals surface area contributed by atoms with Gasteiger partial charge in [-0.1, -0.05) is 11.6 Å². The summed E-state index contributed by atoms with van der Waals surface area (Å²) in [5.41, 5.74) is -1.37. The van der Waals surface area contributed by atoms with Crippen molar-refractivity contribution in [1.29, 1.82) is 5.26 Å². The van der Waals surface area contributed by atoms with Crippen LogP contribution in [0, 0.1) is 17.1 Å². The van der Waals surface area contributed by atoms with E-state index in [9.17, 15) is 17.6 Å². The van der Waals surface area contributed by atoms with Gasteiger partial charge in [0, 0.05) is 5.69 Å². The van der Waals surface area contributed by atoms with Crippen LogP contribution in [0.15, 0.2) is 36.4 Å². The Morgan fingerprint density at radius 2 is 1.81 bits per heavy atom. The van der Waals surface area contributed by atoms with Crippen molar-refractivity contribution in [2.45, 2.75) is 6.18 Å². The highest BCUT2D eigenvalue weighted by Gasteiger charge is 2.33. The van der Waals surface area contributed by atoms with E-state index in [0.29, 0.717) is 0 Å². The van der Waals surface area contributed by atoms with Crippen LogP contribution in [0.1, 0.15) is 11.1 Å². The van der Waals surface area contributed by atoms with E-state index in [-0.39, 0.29) is 16.4 Å². The van der Waals surface area contributed by atoms with Crippen molar-refractivity contribution in [3.63, 3.8) is 0 Å². The van der Waals surface area contributed by atoms with Crippen LogP contribution in [0.25, 0.3) is 0 Å². The zero-order chi connectivity index (χ0) is 15.6. The molecule has 2 nitrogen and oxygen atoms in total. The van der Waals surface area contributed by atoms with E-state index in [1.165, 1.54) is 18.2 Å². The van der Waals surface area contributed by atoms with Crippen LogP contribution in [-0.2, 0) is 6.18 Å². The van der Waals surface area contributed by atoms with E-state index in [0.717, 1.165) is 24.3 Å². The lowest BCUT2D eigenvalue weighted by Crippen LogP contribution is -2.08. The molecule has 2 aromatic carbocycles. The number of nitrogens with zero attached hydrogens (tertiary/aromatic N) is 1. The third-order valence-electron chi connectivity index (χ3n) is 2.65. The molecule has 7 heteroatoms. The lowest BCUT2D eigenvalue weighted by Gasteiger charge is -2.13. The fraction of sp³-hybridized carbons (Fsp3) is 0.0714. The standard InChI is InChI=1S/C14H7ClF4N2/c15-12-4-2-9(16)5-13(12)21-10-3-1-8(7-20)11(6-10)14(17,18)19/h1-6,21H. The van der Waals surface area contributed by atoms with Crippen LogP contribution < -0.4 is 5.32 Å². The third-order valence-corrected chi connectivity index (χ3v) is 2.98. The fourth-order valence-corrected chi connectivity index (χ4v) is 1.87. The van der Waals surface area contributed by atoms with E-state index in [1.807, 2.05) is 0 Å². The monoisotopic (exact) mass is 314 g/mol. The molecule has 0 radical (unpaired) electrons. The number of alkyl halides is 3. The molecule has 2 aromatic rings. The summed E-state index contributed by atoms with van der Waals surface area (Å²) in [5.74, 6) is -0.577. The van der Waals surface area contributed by atoms with Gasteiger partial charge in [0.25, 0.3) is 0 Å². The first-order valence-electron chi connectivity index (χ1n) is 5.64. The zero-order valence-corrected chi connectivity index (χ0v) is 11.1. The average molecular weight is 315 g/mol. The van der Waals surface area contributed by atoms with Crippen molar-refractivity contribution < 1.29 is 17.6 Å². The lowest BCUT2D eigenvalue weighted by atomic mass is 10.1. The van der Waals surface area contributed by atoms with Crippen molar-refractivity contribution >= 4 is 23.0 Å². The van der Waals surface area contributed by atoms with Gasteiger partial charge in [-0.2, -0.15) is 18.4 Å². The maximum absolute atomic E-state index is 13.1. The average Bonchev–Trinajstić information content (AvgIpc) is 2.42. The largest absolute Gasteiger partial charge is 0.417 e. The van der Waals surface area contributed by atoms with Crippen molar-refractivity contribution in [3.8, 4) is 6.07 Å². The molecule has 0 atom stereocenters. The van der Waals surface area contributed by atoms with Gasteiger partial charge in [0.2, 0.25) is 0 Å². The van der Waals surface area contributed by atoms with Gasteiger partial charge in [-0.05, 0) is 36.4 Å². The summed E-state index contributed by atoms with van der Waals surface area (Å²) >= 11 is 5.83. The SMILES string of the molecule is N#Cc1ccc(Nc2cc(F)ccc2Cl)cc1C(F)(F)F. The van der Waals surface area contributed by atoms with Gasteiger partial charge < -0.3 is 5.32 Å². The summed E-state index contributed by atoms with van der Waals surface area (Å²) in [6.07, 6.45) is -4.66. The number of hydrogen-bond donors (Lipinski definition) is 1. The Kier molecular flexibility index (Phi) is 4.05. The number of hydrogen-bond acceptors (Lipinski definition) is 2. The molecule has 0 saturated carbocycles. The minimum absolute atomic E-state index is 0.0498. The van der Waals surface area contributed by atoms with Crippen molar-refractivity contribution in [2.24, 2.45) is 0 Å². The van der Waals surface area contributed by atoms with E-state index < -0.39 is 23.1 Å². The summed E-state index contributed by atoms with van der Waals surface area (Å²) in [6.45, 7) is 0. The molecule has 2 rings (SSSR count). The molecule has 0 saturated heterocycles. The number of halogens is 5. The number of nitrogens with one attached hydrogen (secondary N) is 1. The first kappa shape index (κ1) is 15.1. The number of benzene rings is 2.